The van der Waals surface area contributed by atoms with Gasteiger partial charge in [-0.05, 0) is 25.0 Å². The van der Waals surface area contributed by atoms with Crippen LogP contribution in [0.2, 0.25) is 5.02 Å². The molecule has 0 amide bonds. The van der Waals surface area contributed by atoms with Crippen molar-refractivity contribution in [3.05, 3.63) is 34.4 Å². The number of aliphatic imine (C=N–C) groups is 1. The van der Waals surface area contributed by atoms with Gasteiger partial charge in [-0.25, -0.2) is 15.0 Å². The standard InChI is InChI=1S/C15H13ClN4O/c1-20-14(8-2-3-8)19-12(15(20)21)4-9-6-17-13-11(9)5-10(16)7-18-13/h4-8,21H,2-3H2,1H3. The minimum absolute atomic E-state index is 0.182. The molecule has 2 aliphatic rings. The Bertz CT molecular complexity index is 802. The number of allylic oxidation sites excluding steroid dienone is 1. The molecule has 5 nitrogen and oxygen atoms in total. The largest absolute Gasteiger partial charge is 0.493 e. The van der Waals surface area contributed by atoms with Gasteiger partial charge in [0.1, 0.15) is 11.5 Å². The topological polar surface area (TPSA) is 63.3 Å². The third kappa shape index (κ3) is 2.05. The fourth-order valence-corrected chi connectivity index (χ4v) is 2.70. The minimum atomic E-state index is 0.182. The van der Waals surface area contributed by atoms with E-state index in [9.17, 15) is 5.11 Å². The fourth-order valence-electron chi connectivity index (χ4n) is 2.54. The van der Waals surface area contributed by atoms with Gasteiger partial charge in [-0.1, -0.05) is 11.6 Å². The molecular weight excluding hydrogens is 288 g/mol. The highest BCUT2D eigenvalue weighted by molar-refractivity contribution is 6.31. The van der Waals surface area contributed by atoms with Crippen molar-refractivity contribution in [3.63, 3.8) is 0 Å². The molecule has 0 unspecified atom stereocenters. The SMILES string of the molecule is Cn1c(C2CC2)nc(C=C2C=Nc3ncc(Cl)cc32)c1O. The highest BCUT2D eigenvalue weighted by Crippen LogP contribution is 2.41. The van der Waals surface area contributed by atoms with E-state index >= 15 is 0 Å². The second-order valence-corrected chi connectivity index (χ2v) is 5.83. The highest BCUT2D eigenvalue weighted by Gasteiger charge is 2.30. The zero-order chi connectivity index (χ0) is 14.6. The monoisotopic (exact) mass is 300 g/mol. The third-order valence-corrected chi connectivity index (χ3v) is 4.04. The first-order valence-corrected chi connectivity index (χ1v) is 7.18. The molecule has 0 aromatic carbocycles. The summed E-state index contributed by atoms with van der Waals surface area (Å²) >= 11 is 5.99. The lowest BCUT2D eigenvalue weighted by molar-refractivity contribution is 0.427. The number of hydrogen-bond acceptors (Lipinski definition) is 4. The van der Waals surface area contributed by atoms with Gasteiger partial charge in [0, 0.05) is 36.5 Å². The molecule has 1 aliphatic heterocycles. The second kappa shape index (κ2) is 4.43. The molecule has 0 spiro atoms. The molecular formula is C15H13ClN4O. The van der Waals surface area contributed by atoms with Gasteiger partial charge in [-0.3, -0.25) is 0 Å². The van der Waals surface area contributed by atoms with Gasteiger partial charge in [0.15, 0.2) is 5.82 Å². The van der Waals surface area contributed by atoms with Gasteiger partial charge in [-0.15, -0.1) is 0 Å². The molecule has 1 aliphatic carbocycles. The maximum atomic E-state index is 10.2. The van der Waals surface area contributed by atoms with E-state index in [4.69, 9.17) is 11.6 Å². The zero-order valence-corrected chi connectivity index (χ0v) is 12.2. The van der Waals surface area contributed by atoms with E-state index in [2.05, 4.69) is 15.0 Å². The zero-order valence-electron chi connectivity index (χ0n) is 11.4. The fraction of sp³-hybridized carbons (Fsp3) is 0.267. The molecule has 3 heterocycles. The minimum Gasteiger partial charge on any atom is -0.493 e. The summed E-state index contributed by atoms with van der Waals surface area (Å²) in [4.78, 5) is 13.0. The van der Waals surface area contributed by atoms with Crippen LogP contribution in [0.3, 0.4) is 0 Å². The molecule has 106 valence electrons. The lowest BCUT2D eigenvalue weighted by Gasteiger charge is -1.99. The predicted octanol–water partition coefficient (Wildman–Crippen LogP) is 3.31. The van der Waals surface area contributed by atoms with Crippen molar-refractivity contribution >= 4 is 35.3 Å². The molecule has 0 atom stereocenters. The van der Waals surface area contributed by atoms with Crippen molar-refractivity contribution in [2.24, 2.45) is 12.0 Å². The summed E-state index contributed by atoms with van der Waals surface area (Å²) in [6.45, 7) is 0. The summed E-state index contributed by atoms with van der Waals surface area (Å²) in [5.41, 5.74) is 2.28. The summed E-state index contributed by atoms with van der Waals surface area (Å²) in [6.07, 6.45) is 7.41. The van der Waals surface area contributed by atoms with Crippen molar-refractivity contribution in [2.75, 3.05) is 0 Å². The Balaban J connectivity index is 1.79. The number of nitrogens with zero attached hydrogens (tertiary/aromatic N) is 4. The number of aromatic nitrogens is 3. The Morgan fingerprint density at radius 1 is 1.43 bits per heavy atom. The van der Waals surface area contributed by atoms with E-state index in [0.717, 1.165) is 29.8 Å². The lowest BCUT2D eigenvalue weighted by Crippen LogP contribution is -1.94. The van der Waals surface area contributed by atoms with Gasteiger partial charge in [0.05, 0.1) is 5.02 Å². The first kappa shape index (κ1) is 12.6. The van der Waals surface area contributed by atoms with Crippen molar-refractivity contribution in [3.8, 4) is 5.88 Å². The van der Waals surface area contributed by atoms with E-state index in [1.165, 1.54) is 0 Å². The quantitative estimate of drug-likeness (QED) is 0.925. The van der Waals surface area contributed by atoms with Gasteiger partial charge in [0.25, 0.3) is 0 Å². The normalized spacial score (nSPS) is 18.5. The Kier molecular flexibility index (Phi) is 2.65. The third-order valence-electron chi connectivity index (χ3n) is 3.83. The molecule has 0 bridgehead atoms. The van der Waals surface area contributed by atoms with Crippen LogP contribution in [0.1, 0.15) is 35.8 Å². The van der Waals surface area contributed by atoms with E-state index in [-0.39, 0.29) is 5.88 Å². The van der Waals surface area contributed by atoms with Crippen LogP contribution in [-0.2, 0) is 7.05 Å². The molecule has 1 fully saturated rings. The number of aromatic hydroxyl groups is 1. The smallest absolute Gasteiger partial charge is 0.218 e. The van der Waals surface area contributed by atoms with Crippen LogP contribution in [0, 0.1) is 0 Å². The van der Waals surface area contributed by atoms with E-state index in [1.807, 2.05) is 19.2 Å². The summed E-state index contributed by atoms with van der Waals surface area (Å²) in [5, 5.41) is 10.8. The Morgan fingerprint density at radius 3 is 3.00 bits per heavy atom. The van der Waals surface area contributed by atoms with Crippen LogP contribution in [-0.4, -0.2) is 25.9 Å². The first-order valence-electron chi connectivity index (χ1n) is 6.81. The molecule has 6 heteroatoms. The number of pyridine rings is 1. The van der Waals surface area contributed by atoms with Crippen LogP contribution in [0.25, 0.3) is 11.6 Å². The molecule has 0 saturated heterocycles. The summed E-state index contributed by atoms with van der Waals surface area (Å²) in [5.74, 6) is 2.25. The number of imidazole rings is 1. The molecule has 1 N–H and O–H groups in total. The molecule has 4 rings (SSSR count). The average molecular weight is 301 g/mol. The molecule has 2 aromatic heterocycles. The van der Waals surface area contributed by atoms with Gasteiger partial charge >= 0.3 is 0 Å². The van der Waals surface area contributed by atoms with Crippen molar-refractivity contribution in [1.29, 1.82) is 0 Å². The maximum Gasteiger partial charge on any atom is 0.218 e. The lowest BCUT2D eigenvalue weighted by atomic mass is 10.1. The van der Waals surface area contributed by atoms with Crippen LogP contribution < -0.4 is 0 Å². The van der Waals surface area contributed by atoms with Crippen molar-refractivity contribution in [2.45, 2.75) is 18.8 Å². The van der Waals surface area contributed by atoms with Crippen molar-refractivity contribution in [1.82, 2.24) is 14.5 Å². The number of rotatable bonds is 2. The Labute approximate surface area is 126 Å². The molecule has 2 aromatic rings. The van der Waals surface area contributed by atoms with Crippen LogP contribution >= 0.6 is 11.6 Å². The van der Waals surface area contributed by atoms with Crippen LogP contribution in [0.5, 0.6) is 5.88 Å². The summed E-state index contributed by atoms with van der Waals surface area (Å²) in [6, 6.07) is 1.82. The molecule has 0 radical (unpaired) electrons. The molecule has 21 heavy (non-hydrogen) atoms. The number of halogens is 1. The highest BCUT2D eigenvalue weighted by atomic mass is 35.5. The maximum absolute atomic E-state index is 10.2. The van der Waals surface area contributed by atoms with Crippen molar-refractivity contribution < 1.29 is 5.11 Å². The Morgan fingerprint density at radius 2 is 2.24 bits per heavy atom. The summed E-state index contributed by atoms with van der Waals surface area (Å²) < 4.78 is 1.76. The second-order valence-electron chi connectivity index (χ2n) is 5.39. The van der Waals surface area contributed by atoms with Gasteiger partial charge in [0.2, 0.25) is 5.88 Å². The predicted molar refractivity (Wildman–Crippen MR) is 82.1 cm³/mol. The Hall–Kier alpha value is -2.14. The summed E-state index contributed by atoms with van der Waals surface area (Å²) in [7, 11) is 1.84. The van der Waals surface area contributed by atoms with Gasteiger partial charge in [-0.2, -0.15) is 0 Å². The van der Waals surface area contributed by atoms with E-state index in [0.29, 0.717) is 22.5 Å². The number of hydrogen-bond donors (Lipinski definition) is 1. The van der Waals surface area contributed by atoms with Crippen LogP contribution in [0.15, 0.2) is 17.3 Å². The van der Waals surface area contributed by atoms with E-state index < -0.39 is 0 Å². The van der Waals surface area contributed by atoms with Crippen LogP contribution in [0.4, 0.5) is 5.82 Å². The molecule has 1 saturated carbocycles. The van der Waals surface area contributed by atoms with E-state index in [1.54, 1.807) is 17.0 Å². The van der Waals surface area contributed by atoms with Gasteiger partial charge < -0.3 is 9.67 Å². The number of fused-ring (bicyclic) bond motifs is 1. The average Bonchev–Trinajstić information content (AvgIpc) is 3.19. The first-order chi connectivity index (χ1) is 10.1.